The summed E-state index contributed by atoms with van der Waals surface area (Å²) in [6.07, 6.45) is -1.08. The lowest BCUT2D eigenvalue weighted by molar-refractivity contribution is -0.123. The largest absolute Gasteiger partial charge is 0.449 e. The first-order chi connectivity index (χ1) is 16.2. The smallest absolute Gasteiger partial charge is 0.339 e. The summed E-state index contributed by atoms with van der Waals surface area (Å²) >= 11 is 0. The number of nitrogens with one attached hydrogen (secondary N) is 1. The number of esters is 1. The molecule has 8 heteroatoms. The molecule has 0 radical (unpaired) electrons. The van der Waals surface area contributed by atoms with Crippen LogP contribution in [0.3, 0.4) is 0 Å². The Hall–Kier alpha value is -4.33. The molecule has 4 aromatic rings. The van der Waals surface area contributed by atoms with E-state index in [0.717, 1.165) is 11.1 Å². The Morgan fingerprint density at radius 3 is 2.32 bits per heavy atom. The van der Waals surface area contributed by atoms with Gasteiger partial charge in [0.2, 0.25) is 0 Å². The number of Topliss-reactive ketones (excluding diaryl/α,β-unsaturated/α-hetero) is 1. The van der Waals surface area contributed by atoms with Gasteiger partial charge in [-0.25, -0.2) is 9.78 Å². The van der Waals surface area contributed by atoms with Gasteiger partial charge in [0.1, 0.15) is 0 Å². The fourth-order valence-electron chi connectivity index (χ4n) is 3.44. The van der Waals surface area contributed by atoms with E-state index in [4.69, 9.17) is 9.26 Å². The minimum atomic E-state index is -1.08. The third kappa shape index (κ3) is 4.71. The highest BCUT2D eigenvalue weighted by Gasteiger charge is 2.24. The van der Waals surface area contributed by atoms with Crippen molar-refractivity contribution in [3.63, 3.8) is 0 Å². The molecule has 1 amide bonds. The van der Waals surface area contributed by atoms with Crippen LogP contribution in [0.5, 0.6) is 0 Å². The highest BCUT2D eigenvalue weighted by Crippen LogP contribution is 2.28. The third-order valence-corrected chi connectivity index (χ3v) is 5.40. The van der Waals surface area contributed by atoms with Gasteiger partial charge in [-0.2, -0.15) is 0 Å². The molecule has 2 aromatic heterocycles. The Morgan fingerprint density at radius 1 is 1.00 bits per heavy atom. The molecule has 0 fully saturated rings. The van der Waals surface area contributed by atoms with Crippen LogP contribution in [-0.4, -0.2) is 33.9 Å². The molecule has 34 heavy (non-hydrogen) atoms. The Bertz CT molecular complexity index is 1390. The third-order valence-electron chi connectivity index (χ3n) is 5.40. The molecule has 2 aromatic carbocycles. The van der Waals surface area contributed by atoms with Crippen molar-refractivity contribution in [3.05, 3.63) is 77.0 Å². The van der Waals surface area contributed by atoms with E-state index in [2.05, 4.69) is 15.5 Å². The maximum atomic E-state index is 13.1. The number of rotatable bonds is 6. The van der Waals surface area contributed by atoms with Crippen LogP contribution in [0.1, 0.15) is 45.8 Å². The first kappa shape index (κ1) is 22.8. The van der Waals surface area contributed by atoms with Gasteiger partial charge >= 0.3 is 5.97 Å². The molecular formula is C26H23N3O5. The molecule has 172 valence electrons. The van der Waals surface area contributed by atoms with Crippen LogP contribution < -0.4 is 5.32 Å². The number of hydrogen-bond donors (Lipinski definition) is 1. The van der Waals surface area contributed by atoms with E-state index in [1.165, 1.54) is 13.8 Å². The summed E-state index contributed by atoms with van der Waals surface area (Å²) in [4.78, 5) is 41.6. The van der Waals surface area contributed by atoms with Crippen molar-refractivity contribution in [2.24, 2.45) is 0 Å². The first-order valence-electron chi connectivity index (χ1n) is 10.7. The number of aryl methyl sites for hydroxylation is 2. The van der Waals surface area contributed by atoms with E-state index >= 15 is 0 Å². The summed E-state index contributed by atoms with van der Waals surface area (Å²) in [5.74, 6) is -1.27. The van der Waals surface area contributed by atoms with Crippen LogP contribution in [0.2, 0.25) is 0 Å². The van der Waals surface area contributed by atoms with Crippen molar-refractivity contribution in [3.8, 4) is 11.3 Å². The number of benzene rings is 2. The standard InChI is InChI=1S/C26H23N3O5/c1-14-5-7-19(8-6-14)22-13-21(23-15(2)29-34-25(23)28-22)26(32)33-17(4)24(31)27-20-11-9-18(10-12-20)16(3)30/h5-13,17H,1-4H3,(H,27,31). The van der Waals surface area contributed by atoms with Crippen LogP contribution >= 0.6 is 0 Å². The van der Waals surface area contributed by atoms with Gasteiger partial charge in [-0.15, -0.1) is 0 Å². The number of anilines is 1. The molecule has 0 aliphatic carbocycles. The number of carbonyl (C=O) groups is 3. The van der Waals surface area contributed by atoms with Gasteiger partial charge in [0, 0.05) is 16.8 Å². The number of nitrogens with zero attached hydrogens (tertiary/aromatic N) is 2. The Morgan fingerprint density at radius 2 is 1.68 bits per heavy atom. The van der Waals surface area contributed by atoms with Gasteiger partial charge in [0.15, 0.2) is 11.9 Å². The number of aromatic nitrogens is 2. The predicted molar refractivity (Wildman–Crippen MR) is 127 cm³/mol. The molecular weight excluding hydrogens is 434 g/mol. The number of ether oxygens (including phenoxy) is 1. The van der Waals surface area contributed by atoms with Crippen molar-refractivity contribution < 1.29 is 23.6 Å². The molecule has 1 atom stereocenters. The predicted octanol–water partition coefficient (Wildman–Crippen LogP) is 4.89. The van der Waals surface area contributed by atoms with E-state index in [0.29, 0.717) is 28.0 Å². The fraction of sp³-hybridized carbons (Fsp3) is 0.192. The number of pyridine rings is 1. The average Bonchev–Trinajstić information content (AvgIpc) is 3.19. The van der Waals surface area contributed by atoms with E-state index in [-0.39, 0.29) is 17.1 Å². The van der Waals surface area contributed by atoms with Crippen molar-refractivity contribution in [2.75, 3.05) is 5.32 Å². The minimum absolute atomic E-state index is 0.0714. The molecule has 1 N–H and O–H groups in total. The monoisotopic (exact) mass is 457 g/mol. The molecule has 0 bridgehead atoms. The summed E-state index contributed by atoms with van der Waals surface area (Å²) in [7, 11) is 0. The molecule has 8 nitrogen and oxygen atoms in total. The summed E-state index contributed by atoms with van der Waals surface area (Å²) in [5.41, 5.74) is 4.36. The van der Waals surface area contributed by atoms with Crippen LogP contribution in [0.4, 0.5) is 5.69 Å². The zero-order chi connectivity index (χ0) is 24.4. The van der Waals surface area contributed by atoms with Gasteiger partial charge in [-0.1, -0.05) is 35.0 Å². The van der Waals surface area contributed by atoms with E-state index in [1.807, 2.05) is 31.2 Å². The maximum absolute atomic E-state index is 13.1. The van der Waals surface area contributed by atoms with E-state index < -0.39 is 18.0 Å². The molecule has 0 aliphatic heterocycles. The number of fused-ring (bicyclic) bond motifs is 1. The SMILES string of the molecule is CC(=O)c1ccc(NC(=O)C(C)OC(=O)c2cc(-c3ccc(C)cc3)nc3onc(C)c23)cc1. The summed E-state index contributed by atoms with van der Waals surface area (Å²) in [5, 5.41) is 7.05. The maximum Gasteiger partial charge on any atom is 0.339 e. The van der Waals surface area contributed by atoms with Crippen LogP contribution in [-0.2, 0) is 9.53 Å². The first-order valence-corrected chi connectivity index (χ1v) is 10.7. The number of amides is 1. The lowest BCUT2D eigenvalue weighted by Gasteiger charge is -2.14. The zero-order valence-corrected chi connectivity index (χ0v) is 19.2. The lowest BCUT2D eigenvalue weighted by Crippen LogP contribution is -2.30. The molecule has 0 saturated heterocycles. The van der Waals surface area contributed by atoms with Gasteiger partial charge in [-0.05, 0) is 58.0 Å². The molecule has 2 heterocycles. The summed E-state index contributed by atoms with van der Waals surface area (Å²) < 4.78 is 10.8. The van der Waals surface area contributed by atoms with Gasteiger partial charge < -0.3 is 14.6 Å². The van der Waals surface area contributed by atoms with Crippen LogP contribution in [0.25, 0.3) is 22.4 Å². The van der Waals surface area contributed by atoms with Gasteiger partial charge in [0.25, 0.3) is 11.6 Å². The van der Waals surface area contributed by atoms with Crippen LogP contribution in [0, 0.1) is 13.8 Å². The lowest BCUT2D eigenvalue weighted by atomic mass is 10.0. The fourth-order valence-corrected chi connectivity index (χ4v) is 3.44. The molecule has 0 spiro atoms. The van der Waals surface area contributed by atoms with E-state index in [1.54, 1.807) is 37.3 Å². The second kappa shape index (κ2) is 9.27. The van der Waals surface area contributed by atoms with Gasteiger partial charge in [-0.3, -0.25) is 9.59 Å². The Labute approximate surface area is 195 Å². The second-order valence-corrected chi connectivity index (χ2v) is 8.04. The van der Waals surface area contributed by atoms with Crippen molar-refractivity contribution >= 4 is 34.4 Å². The summed E-state index contributed by atoms with van der Waals surface area (Å²) in [6.45, 7) is 6.63. The number of hydrogen-bond acceptors (Lipinski definition) is 7. The van der Waals surface area contributed by atoms with Crippen molar-refractivity contribution in [1.29, 1.82) is 0 Å². The molecule has 0 aliphatic rings. The van der Waals surface area contributed by atoms with Crippen molar-refractivity contribution in [1.82, 2.24) is 10.1 Å². The zero-order valence-electron chi connectivity index (χ0n) is 19.2. The summed E-state index contributed by atoms with van der Waals surface area (Å²) in [6, 6.07) is 15.8. The highest BCUT2D eigenvalue weighted by atomic mass is 16.5. The van der Waals surface area contributed by atoms with Crippen LogP contribution in [0.15, 0.2) is 59.1 Å². The van der Waals surface area contributed by atoms with Crippen molar-refractivity contribution in [2.45, 2.75) is 33.8 Å². The topological polar surface area (TPSA) is 111 Å². The molecule has 0 saturated carbocycles. The molecule has 1 unspecified atom stereocenters. The number of carbonyl (C=O) groups excluding carboxylic acids is 3. The quantitative estimate of drug-likeness (QED) is 0.324. The Balaban J connectivity index is 1.56. The molecule has 4 rings (SSSR count). The van der Waals surface area contributed by atoms with Gasteiger partial charge in [0.05, 0.1) is 22.3 Å². The van der Waals surface area contributed by atoms with E-state index in [9.17, 15) is 14.4 Å². The minimum Gasteiger partial charge on any atom is -0.449 e. The average molecular weight is 457 g/mol. The second-order valence-electron chi connectivity index (χ2n) is 8.04. The highest BCUT2D eigenvalue weighted by molar-refractivity contribution is 6.05. The Kier molecular flexibility index (Phi) is 6.23. The normalized spacial score (nSPS) is 11.8. The number of ketones is 1.